The average Bonchev–Trinajstić information content (AvgIpc) is 2.93. The number of alkyl halides is 3. The highest BCUT2D eigenvalue weighted by Gasteiger charge is 2.35. The molecule has 0 fully saturated rings. The van der Waals surface area contributed by atoms with E-state index in [-0.39, 0.29) is 17.9 Å². The van der Waals surface area contributed by atoms with Gasteiger partial charge in [-0.05, 0) is 58.4 Å². The van der Waals surface area contributed by atoms with Gasteiger partial charge in [-0.2, -0.15) is 17.5 Å². The number of hydrogen-bond donors (Lipinski definition) is 0. The summed E-state index contributed by atoms with van der Waals surface area (Å²) in [6.07, 6.45) is -4.72. The molecule has 7 nitrogen and oxygen atoms in total. The molecule has 0 aliphatic heterocycles. The van der Waals surface area contributed by atoms with E-state index in [0.717, 1.165) is 22.5 Å². The Morgan fingerprint density at radius 2 is 1.79 bits per heavy atom. The molecule has 2 rings (SSSR count). The topological polar surface area (TPSA) is 85.7 Å². The lowest BCUT2D eigenvalue weighted by Crippen LogP contribution is -2.41. The molecule has 33 heavy (non-hydrogen) atoms. The molecule has 0 bridgehead atoms. The number of aromatic nitrogens is 1. The van der Waals surface area contributed by atoms with Crippen LogP contribution in [0.25, 0.3) is 0 Å². The van der Waals surface area contributed by atoms with Crippen molar-refractivity contribution < 1.29 is 35.9 Å². The van der Waals surface area contributed by atoms with Gasteiger partial charge >= 0.3 is 12.1 Å². The smallest absolute Gasteiger partial charge is 0.416 e. The Balaban J connectivity index is 2.49. The number of ether oxygens (including phenoxy) is 1. The number of sulfonamides is 1. The molecule has 0 saturated heterocycles. The number of halogens is 3. The summed E-state index contributed by atoms with van der Waals surface area (Å²) in [5, 5.41) is 0. The van der Waals surface area contributed by atoms with Crippen molar-refractivity contribution in [2.45, 2.75) is 51.7 Å². The monoisotopic (exact) mass is 488 g/mol. The molecule has 1 heterocycles. The van der Waals surface area contributed by atoms with Gasteiger partial charge in [0.2, 0.25) is 10.0 Å². The van der Waals surface area contributed by atoms with Crippen molar-refractivity contribution in [3.63, 3.8) is 0 Å². The fourth-order valence-electron chi connectivity index (χ4n) is 3.61. The van der Waals surface area contributed by atoms with Crippen molar-refractivity contribution >= 4 is 21.8 Å². The Bertz CT molecular complexity index is 1170. The largest absolute Gasteiger partial charge is 0.461 e. The molecule has 0 amide bonds. The Kier molecular flexibility index (Phi) is 7.80. The minimum Gasteiger partial charge on any atom is -0.461 e. The third kappa shape index (κ3) is 5.30. The summed E-state index contributed by atoms with van der Waals surface area (Å²) in [7, 11) is -2.84. The van der Waals surface area contributed by atoms with Gasteiger partial charge in [0.1, 0.15) is 5.69 Å². The van der Waals surface area contributed by atoms with Gasteiger partial charge in [0, 0.05) is 24.3 Å². The van der Waals surface area contributed by atoms with Crippen LogP contribution in [0.3, 0.4) is 0 Å². The summed E-state index contributed by atoms with van der Waals surface area (Å²) in [6, 6.07) is 2.67. The van der Waals surface area contributed by atoms with Crippen LogP contribution >= 0.6 is 0 Å². The van der Waals surface area contributed by atoms with Gasteiger partial charge in [-0.3, -0.25) is 4.79 Å². The third-order valence-corrected chi connectivity index (χ3v) is 7.34. The second-order valence-corrected chi connectivity index (χ2v) is 9.70. The summed E-state index contributed by atoms with van der Waals surface area (Å²) in [5.74, 6) is -1.20. The van der Waals surface area contributed by atoms with E-state index >= 15 is 0 Å². The number of esters is 1. The van der Waals surface area contributed by atoms with Crippen LogP contribution in [-0.2, 0) is 28.0 Å². The average molecular weight is 489 g/mol. The van der Waals surface area contributed by atoms with E-state index in [1.165, 1.54) is 18.4 Å². The number of rotatable bonds is 8. The molecule has 0 aliphatic carbocycles. The number of nitrogens with zero attached hydrogens (tertiary/aromatic N) is 2. The zero-order chi connectivity index (χ0) is 25.3. The van der Waals surface area contributed by atoms with Gasteiger partial charge in [-0.25, -0.2) is 13.2 Å². The Morgan fingerprint density at radius 3 is 2.30 bits per heavy atom. The SMILES string of the molecule is CCOC(=O)c1c(C)c(C(=O)CN(C(C)C)S(=O)(=O)c2cccc(C(F)(F)F)c2)c(C)n1C. The molecule has 0 saturated carbocycles. The fourth-order valence-corrected chi connectivity index (χ4v) is 5.25. The first-order valence-corrected chi connectivity index (χ1v) is 11.6. The maximum absolute atomic E-state index is 13.2. The van der Waals surface area contributed by atoms with E-state index in [1.54, 1.807) is 27.8 Å². The number of ketones is 1. The third-order valence-electron chi connectivity index (χ3n) is 5.32. The first kappa shape index (κ1) is 26.6. The number of hydrogen-bond acceptors (Lipinski definition) is 5. The minimum absolute atomic E-state index is 0.141. The minimum atomic E-state index is -4.72. The van der Waals surface area contributed by atoms with Crippen LogP contribution in [0.1, 0.15) is 58.4 Å². The first-order chi connectivity index (χ1) is 15.1. The van der Waals surface area contributed by atoms with Crippen LogP contribution < -0.4 is 0 Å². The van der Waals surface area contributed by atoms with E-state index < -0.39 is 51.0 Å². The van der Waals surface area contributed by atoms with Gasteiger partial charge in [0.05, 0.1) is 23.6 Å². The van der Waals surface area contributed by atoms with Gasteiger partial charge < -0.3 is 9.30 Å². The highest BCUT2D eigenvalue weighted by molar-refractivity contribution is 7.89. The number of carbonyl (C=O) groups is 2. The highest BCUT2D eigenvalue weighted by Crippen LogP contribution is 2.32. The maximum Gasteiger partial charge on any atom is 0.416 e. The van der Waals surface area contributed by atoms with Gasteiger partial charge in [0.25, 0.3) is 0 Å². The van der Waals surface area contributed by atoms with Crippen LogP contribution in [-0.4, -0.2) is 48.2 Å². The van der Waals surface area contributed by atoms with Gasteiger partial charge in [-0.15, -0.1) is 0 Å². The summed E-state index contributed by atoms with van der Waals surface area (Å²) >= 11 is 0. The van der Waals surface area contributed by atoms with Crippen LogP contribution in [0.4, 0.5) is 13.2 Å². The number of Topliss-reactive ketones (excluding diaryl/α,β-unsaturated/α-hetero) is 1. The quantitative estimate of drug-likeness (QED) is 0.412. The lowest BCUT2D eigenvalue weighted by Gasteiger charge is -2.25. The van der Waals surface area contributed by atoms with E-state index in [9.17, 15) is 31.2 Å². The molecule has 0 unspecified atom stereocenters. The van der Waals surface area contributed by atoms with E-state index in [4.69, 9.17) is 4.74 Å². The molecule has 2 aromatic rings. The van der Waals surface area contributed by atoms with E-state index in [2.05, 4.69) is 0 Å². The van der Waals surface area contributed by atoms with Crippen molar-refractivity contribution in [1.82, 2.24) is 8.87 Å². The summed E-state index contributed by atoms with van der Waals surface area (Å²) in [4.78, 5) is 24.9. The van der Waals surface area contributed by atoms with Crippen LogP contribution in [0, 0.1) is 13.8 Å². The lowest BCUT2D eigenvalue weighted by atomic mass is 10.1. The maximum atomic E-state index is 13.2. The molecule has 11 heteroatoms. The molecule has 0 aliphatic rings. The summed E-state index contributed by atoms with van der Waals surface area (Å²) < 4.78 is 73.0. The molecule has 0 N–H and O–H groups in total. The van der Waals surface area contributed by atoms with Crippen molar-refractivity contribution in [3.8, 4) is 0 Å². The molecule has 0 atom stereocenters. The molecule has 1 aromatic heterocycles. The Labute approximate surface area is 191 Å². The Hall–Kier alpha value is -2.66. The molecule has 1 aromatic carbocycles. The second-order valence-electron chi connectivity index (χ2n) is 7.81. The normalized spacial score (nSPS) is 12.5. The molecular weight excluding hydrogens is 461 g/mol. The van der Waals surface area contributed by atoms with Crippen molar-refractivity contribution in [2.24, 2.45) is 7.05 Å². The molecule has 0 radical (unpaired) electrons. The van der Waals surface area contributed by atoms with Crippen molar-refractivity contribution in [3.05, 3.63) is 52.3 Å². The first-order valence-electron chi connectivity index (χ1n) is 10.2. The van der Waals surface area contributed by atoms with Crippen molar-refractivity contribution in [1.29, 1.82) is 0 Å². The van der Waals surface area contributed by atoms with E-state index in [1.807, 2.05) is 0 Å². The van der Waals surface area contributed by atoms with Crippen LogP contribution in [0.2, 0.25) is 0 Å². The van der Waals surface area contributed by atoms with Crippen molar-refractivity contribution in [2.75, 3.05) is 13.2 Å². The zero-order valence-electron chi connectivity index (χ0n) is 19.3. The predicted molar refractivity (Wildman–Crippen MR) is 116 cm³/mol. The Morgan fingerprint density at radius 1 is 1.18 bits per heavy atom. The second kappa shape index (κ2) is 9.68. The van der Waals surface area contributed by atoms with Gasteiger partial charge in [-0.1, -0.05) is 6.07 Å². The lowest BCUT2D eigenvalue weighted by molar-refractivity contribution is -0.137. The number of benzene rings is 1. The summed E-state index contributed by atoms with van der Waals surface area (Å²) in [6.45, 7) is 7.40. The molecule has 182 valence electrons. The fraction of sp³-hybridized carbons (Fsp3) is 0.455. The van der Waals surface area contributed by atoms with E-state index in [0.29, 0.717) is 17.3 Å². The van der Waals surface area contributed by atoms with Gasteiger partial charge in [0.15, 0.2) is 5.78 Å². The highest BCUT2D eigenvalue weighted by atomic mass is 32.2. The van der Waals surface area contributed by atoms with Crippen LogP contribution in [0.15, 0.2) is 29.2 Å². The van der Waals surface area contributed by atoms with Crippen LogP contribution in [0.5, 0.6) is 0 Å². The molecule has 0 spiro atoms. The molecular formula is C22H27F3N2O5S. The number of carbonyl (C=O) groups excluding carboxylic acids is 2. The zero-order valence-corrected chi connectivity index (χ0v) is 20.1. The standard InChI is InChI=1S/C22H27F3N2O5S/c1-7-32-21(29)20-14(4)19(15(5)26(20)6)18(28)12-27(13(2)3)33(30,31)17-10-8-9-16(11-17)22(23,24)25/h8-11,13H,7,12H2,1-6H3. The predicted octanol–water partition coefficient (Wildman–Crippen LogP) is 4.12. The summed E-state index contributed by atoms with van der Waals surface area (Å²) in [5.41, 5.74) is 0.0340.